The lowest BCUT2D eigenvalue weighted by Gasteiger charge is -2.36. The number of carbonyl (C=O) groups is 1. The molecule has 23 heavy (non-hydrogen) atoms. The largest absolute Gasteiger partial charge is 0.368 e. The Labute approximate surface area is 141 Å². The number of hydrogen-bond acceptors (Lipinski definition) is 3. The lowest BCUT2D eigenvalue weighted by Crippen LogP contribution is -2.49. The summed E-state index contributed by atoms with van der Waals surface area (Å²) in [4.78, 5) is 16.7. The number of nitrogens with one attached hydrogen (secondary N) is 1. The SMILES string of the molecule is Cc1n[nH]c(C)c1CC(=O)N1CCN(c2cccc(Cl)c2)CC1. The van der Waals surface area contributed by atoms with E-state index < -0.39 is 0 Å². The van der Waals surface area contributed by atoms with Gasteiger partial charge in [0.1, 0.15) is 0 Å². The number of nitrogens with zero attached hydrogens (tertiary/aromatic N) is 3. The van der Waals surface area contributed by atoms with Crippen LogP contribution in [0.2, 0.25) is 5.02 Å². The minimum atomic E-state index is 0.170. The van der Waals surface area contributed by atoms with Gasteiger partial charge in [-0.1, -0.05) is 17.7 Å². The fraction of sp³-hybridized carbons (Fsp3) is 0.412. The molecule has 0 aliphatic carbocycles. The van der Waals surface area contributed by atoms with E-state index >= 15 is 0 Å². The highest BCUT2D eigenvalue weighted by atomic mass is 35.5. The zero-order chi connectivity index (χ0) is 16.4. The first-order chi connectivity index (χ1) is 11.0. The topological polar surface area (TPSA) is 52.2 Å². The number of halogens is 1. The van der Waals surface area contributed by atoms with Gasteiger partial charge in [-0.3, -0.25) is 9.89 Å². The van der Waals surface area contributed by atoms with Crippen molar-refractivity contribution in [1.82, 2.24) is 15.1 Å². The summed E-state index contributed by atoms with van der Waals surface area (Å²) in [6, 6.07) is 7.86. The molecule has 0 radical (unpaired) electrons. The fourth-order valence-electron chi connectivity index (χ4n) is 2.98. The Balaban J connectivity index is 1.59. The smallest absolute Gasteiger partial charge is 0.227 e. The highest BCUT2D eigenvalue weighted by molar-refractivity contribution is 6.30. The summed E-state index contributed by atoms with van der Waals surface area (Å²) in [6.07, 6.45) is 0.422. The van der Waals surface area contributed by atoms with Gasteiger partial charge in [-0.25, -0.2) is 0 Å². The number of aromatic nitrogens is 2. The molecule has 122 valence electrons. The molecule has 1 aliphatic heterocycles. The number of carbonyl (C=O) groups excluding carboxylic acids is 1. The molecule has 0 saturated carbocycles. The maximum Gasteiger partial charge on any atom is 0.227 e. The van der Waals surface area contributed by atoms with Crippen LogP contribution in [0, 0.1) is 13.8 Å². The molecule has 0 bridgehead atoms. The summed E-state index contributed by atoms with van der Waals surface area (Å²) in [5.74, 6) is 0.170. The van der Waals surface area contributed by atoms with Crippen molar-refractivity contribution in [2.45, 2.75) is 20.3 Å². The zero-order valence-corrected chi connectivity index (χ0v) is 14.2. The molecular formula is C17H21ClN4O. The molecule has 0 atom stereocenters. The Bertz CT molecular complexity index is 685. The first-order valence-corrected chi connectivity index (χ1v) is 8.21. The fourth-order valence-corrected chi connectivity index (χ4v) is 3.17. The average molecular weight is 333 g/mol. The molecule has 1 aliphatic rings. The third-order valence-corrected chi connectivity index (χ3v) is 4.65. The summed E-state index contributed by atoms with van der Waals surface area (Å²) in [6.45, 7) is 7.02. The third-order valence-electron chi connectivity index (χ3n) is 4.41. The van der Waals surface area contributed by atoms with Crippen LogP contribution in [0.3, 0.4) is 0 Å². The van der Waals surface area contributed by atoms with Crippen molar-refractivity contribution < 1.29 is 4.79 Å². The van der Waals surface area contributed by atoms with Gasteiger partial charge in [-0.15, -0.1) is 0 Å². The van der Waals surface area contributed by atoms with Crippen LogP contribution in [0.5, 0.6) is 0 Å². The second kappa shape index (κ2) is 6.62. The predicted molar refractivity (Wildman–Crippen MR) is 92.0 cm³/mol. The van der Waals surface area contributed by atoms with Crippen LogP contribution >= 0.6 is 11.6 Å². The summed E-state index contributed by atoms with van der Waals surface area (Å²) in [7, 11) is 0. The van der Waals surface area contributed by atoms with Crippen molar-refractivity contribution in [2.75, 3.05) is 31.1 Å². The molecule has 1 saturated heterocycles. The van der Waals surface area contributed by atoms with Crippen molar-refractivity contribution >= 4 is 23.2 Å². The van der Waals surface area contributed by atoms with E-state index in [9.17, 15) is 4.79 Å². The average Bonchev–Trinajstić information content (AvgIpc) is 2.87. The van der Waals surface area contributed by atoms with Crippen LogP contribution in [0.15, 0.2) is 24.3 Å². The highest BCUT2D eigenvalue weighted by Crippen LogP contribution is 2.21. The molecule has 1 N–H and O–H groups in total. The number of aryl methyl sites for hydroxylation is 2. The Hall–Kier alpha value is -2.01. The van der Waals surface area contributed by atoms with Crippen LogP contribution in [0.4, 0.5) is 5.69 Å². The molecule has 0 unspecified atom stereocenters. The molecular weight excluding hydrogens is 312 g/mol. The first-order valence-electron chi connectivity index (χ1n) is 7.83. The van der Waals surface area contributed by atoms with Crippen LogP contribution in [0.25, 0.3) is 0 Å². The lowest BCUT2D eigenvalue weighted by molar-refractivity contribution is -0.130. The van der Waals surface area contributed by atoms with Crippen molar-refractivity contribution in [1.29, 1.82) is 0 Å². The molecule has 1 amide bonds. The van der Waals surface area contributed by atoms with E-state index in [1.165, 1.54) is 0 Å². The minimum absolute atomic E-state index is 0.170. The van der Waals surface area contributed by atoms with Crippen LogP contribution < -0.4 is 4.90 Å². The van der Waals surface area contributed by atoms with Crippen LogP contribution in [-0.2, 0) is 11.2 Å². The summed E-state index contributed by atoms with van der Waals surface area (Å²) < 4.78 is 0. The van der Waals surface area contributed by atoms with E-state index in [4.69, 9.17) is 11.6 Å². The molecule has 1 fully saturated rings. The Morgan fingerprint density at radius 1 is 1.26 bits per heavy atom. The van der Waals surface area contributed by atoms with Crippen LogP contribution in [-0.4, -0.2) is 47.2 Å². The normalized spacial score (nSPS) is 15.1. The lowest BCUT2D eigenvalue weighted by atomic mass is 10.1. The molecule has 1 aromatic heterocycles. The number of aromatic amines is 1. The summed E-state index contributed by atoms with van der Waals surface area (Å²) >= 11 is 6.05. The second-order valence-electron chi connectivity index (χ2n) is 5.94. The number of hydrogen-bond donors (Lipinski definition) is 1. The highest BCUT2D eigenvalue weighted by Gasteiger charge is 2.23. The number of benzene rings is 1. The maximum absolute atomic E-state index is 12.5. The molecule has 6 heteroatoms. The summed E-state index contributed by atoms with van der Waals surface area (Å²) in [5.41, 5.74) is 4.03. The Morgan fingerprint density at radius 2 is 2.00 bits per heavy atom. The maximum atomic E-state index is 12.5. The molecule has 3 rings (SSSR count). The van der Waals surface area contributed by atoms with Crippen LogP contribution in [0.1, 0.15) is 17.0 Å². The second-order valence-corrected chi connectivity index (χ2v) is 6.37. The summed E-state index contributed by atoms with van der Waals surface area (Å²) in [5, 5.41) is 7.84. The number of amides is 1. The van der Waals surface area contributed by atoms with Gasteiger partial charge < -0.3 is 9.80 Å². The molecule has 1 aromatic carbocycles. The minimum Gasteiger partial charge on any atom is -0.368 e. The van der Waals surface area contributed by atoms with E-state index in [1.54, 1.807) is 0 Å². The molecule has 2 aromatic rings. The van der Waals surface area contributed by atoms with E-state index in [0.717, 1.165) is 53.8 Å². The number of rotatable bonds is 3. The van der Waals surface area contributed by atoms with Gasteiger partial charge in [0.2, 0.25) is 5.91 Å². The quantitative estimate of drug-likeness (QED) is 0.940. The van der Waals surface area contributed by atoms with Gasteiger partial charge in [0.15, 0.2) is 0 Å². The van der Waals surface area contributed by atoms with Crippen molar-refractivity contribution in [3.63, 3.8) is 0 Å². The van der Waals surface area contributed by atoms with Crippen molar-refractivity contribution in [2.24, 2.45) is 0 Å². The number of H-pyrrole nitrogens is 1. The van der Waals surface area contributed by atoms with E-state index in [-0.39, 0.29) is 5.91 Å². The van der Waals surface area contributed by atoms with Gasteiger partial charge in [0.05, 0.1) is 12.1 Å². The number of anilines is 1. The Kier molecular flexibility index (Phi) is 4.57. The Morgan fingerprint density at radius 3 is 2.61 bits per heavy atom. The van der Waals surface area contributed by atoms with Crippen molar-refractivity contribution in [3.8, 4) is 0 Å². The van der Waals surface area contributed by atoms with E-state index in [1.807, 2.05) is 36.9 Å². The van der Waals surface area contributed by atoms with E-state index in [0.29, 0.717) is 6.42 Å². The molecule has 0 spiro atoms. The standard InChI is InChI=1S/C17H21ClN4O/c1-12-16(13(2)20-19-12)11-17(23)22-8-6-21(7-9-22)15-5-3-4-14(18)10-15/h3-5,10H,6-9,11H2,1-2H3,(H,19,20). The van der Waals surface area contributed by atoms with Gasteiger partial charge in [-0.05, 0) is 32.0 Å². The van der Waals surface area contributed by atoms with Gasteiger partial charge in [-0.2, -0.15) is 5.10 Å². The third kappa shape index (κ3) is 3.50. The van der Waals surface area contributed by atoms with Gasteiger partial charge in [0.25, 0.3) is 0 Å². The predicted octanol–water partition coefficient (Wildman–Crippen LogP) is 2.57. The number of piperazine rings is 1. The van der Waals surface area contributed by atoms with Gasteiger partial charge >= 0.3 is 0 Å². The van der Waals surface area contributed by atoms with E-state index in [2.05, 4.69) is 21.2 Å². The monoisotopic (exact) mass is 332 g/mol. The van der Waals surface area contributed by atoms with Crippen molar-refractivity contribution in [3.05, 3.63) is 46.2 Å². The van der Waals surface area contributed by atoms with Gasteiger partial charge in [0, 0.05) is 48.1 Å². The molecule has 2 heterocycles. The zero-order valence-electron chi connectivity index (χ0n) is 13.5. The molecule has 5 nitrogen and oxygen atoms in total. The first kappa shape index (κ1) is 15.9.